The van der Waals surface area contributed by atoms with Crippen LogP contribution in [0.5, 0.6) is 0 Å². The van der Waals surface area contributed by atoms with Gasteiger partial charge in [-0.15, -0.1) is 12.3 Å². The summed E-state index contributed by atoms with van der Waals surface area (Å²) >= 11 is 0. The molecule has 0 rings (SSSR count). The average molecular weight is 151 g/mol. The van der Waals surface area contributed by atoms with E-state index in [4.69, 9.17) is 0 Å². The lowest BCUT2D eigenvalue weighted by molar-refractivity contribution is 0.610. The Morgan fingerprint density at radius 3 is 2.91 bits per heavy atom. The fourth-order valence-electron chi connectivity index (χ4n) is 0.812. The van der Waals surface area contributed by atoms with Gasteiger partial charge in [-0.2, -0.15) is 0 Å². The minimum absolute atomic E-state index is 0.386. The van der Waals surface area contributed by atoms with E-state index >= 15 is 0 Å². The summed E-state index contributed by atoms with van der Waals surface area (Å²) in [4.78, 5) is 0. The van der Waals surface area contributed by atoms with Crippen LogP contribution in [0.4, 0.5) is 0 Å². The monoisotopic (exact) mass is 151 g/mol. The molecule has 0 spiro atoms. The van der Waals surface area contributed by atoms with Crippen molar-refractivity contribution < 1.29 is 0 Å². The van der Waals surface area contributed by atoms with Crippen molar-refractivity contribution in [2.24, 2.45) is 0 Å². The van der Waals surface area contributed by atoms with Gasteiger partial charge in [0.15, 0.2) is 0 Å². The highest BCUT2D eigenvalue weighted by atomic mass is 14.9. The predicted octanol–water partition coefficient (Wildman–Crippen LogP) is 2.27. The highest BCUT2D eigenvalue weighted by molar-refractivity contribution is 4.86. The standard InChI is InChI=1S/C10H17N/c1-4-6-7-9-11-10(3)8-5-2/h4,8,10-11H,1-2,6-7,9H2,3H3. The predicted molar refractivity (Wildman–Crippen MR) is 50.6 cm³/mol. The zero-order chi connectivity index (χ0) is 8.53. The van der Waals surface area contributed by atoms with E-state index in [1.54, 1.807) is 0 Å². The van der Waals surface area contributed by atoms with Gasteiger partial charge in [0.2, 0.25) is 0 Å². The van der Waals surface area contributed by atoms with Crippen LogP contribution in [0, 0.1) is 0 Å². The topological polar surface area (TPSA) is 12.0 Å². The molecular weight excluding hydrogens is 134 g/mol. The van der Waals surface area contributed by atoms with Crippen molar-refractivity contribution in [3.63, 3.8) is 0 Å². The van der Waals surface area contributed by atoms with E-state index in [0.717, 1.165) is 19.4 Å². The Balaban J connectivity index is 3.23. The minimum atomic E-state index is 0.386. The Morgan fingerprint density at radius 1 is 1.64 bits per heavy atom. The maximum Gasteiger partial charge on any atom is 0.0296 e. The number of rotatable bonds is 6. The molecule has 0 radical (unpaired) electrons. The van der Waals surface area contributed by atoms with Crippen molar-refractivity contribution >= 4 is 0 Å². The van der Waals surface area contributed by atoms with Crippen LogP contribution >= 0.6 is 0 Å². The van der Waals surface area contributed by atoms with E-state index in [2.05, 4.69) is 31.1 Å². The summed E-state index contributed by atoms with van der Waals surface area (Å²) in [5.41, 5.74) is 2.75. The van der Waals surface area contributed by atoms with Crippen LogP contribution in [0.3, 0.4) is 0 Å². The summed E-state index contributed by atoms with van der Waals surface area (Å²) in [6.07, 6.45) is 6.10. The molecule has 1 unspecified atom stereocenters. The molecule has 1 N–H and O–H groups in total. The first kappa shape index (κ1) is 10.2. The van der Waals surface area contributed by atoms with Gasteiger partial charge in [-0.3, -0.25) is 0 Å². The number of hydrogen-bond acceptors (Lipinski definition) is 1. The summed E-state index contributed by atoms with van der Waals surface area (Å²) in [5.74, 6) is 0. The molecule has 0 aromatic heterocycles. The highest BCUT2D eigenvalue weighted by Crippen LogP contribution is 1.88. The smallest absolute Gasteiger partial charge is 0.0296 e. The summed E-state index contributed by atoms with van der Waals surface area (Å²) < 4.78 is 0. The van der Waals surface area contributed by atoms with Gasteiger partial charge in [-0.05, 0) is 32.4 Å². The van der Waals surface area contributed by atoms with Gasteiger partial charge in [0.25, 0.3) is 0 Å². The Hall–Kier alpha value is -0.780. The highest BCUT2D eigenvalue weighted by Gasteiger charge is 1.92. The zero-order valence-electron chi connectivity index (χ0n) is 7.27. The fraction of sp³-hybridized carbons (Fsp3) is 0.500. The first-order chi connectivity index (χ1) is 5.31. The maximum absolute atomic E-state index is 3.66. The molecule has 0 aromatic rings. The minimum Gasteiger partial charge on any atom is -0.310 e. The molecule has 0 saturated heterocycles. The Bertz CT molecular complexity index is 143. The third-order valence-electron chi connectivity index (χ3n) is 1.42. The number of hydrogen-bond donors (Lipinski definition) is 1. The van der Waals surface area contributed by atoms with Gasteiger partial charge in [0, 0.05) is 6.04 Å². The maximum atomic E-state index is 3.66. The van der Waals surface area contributed by atoms with Gasteiger partial charge < -0.3 is 5.32 Å². The van der Waals surface area contributed by atoms with Crippen molar-refractivity contribution in [2.45, 2.75) is 25.8 Å². The molecule has 62 valence electrons. The van der Waals surface area contributed by atoms with Gasteiger partial charge in [-0.1, -0.05) is 12.7 Å². The second-order valence-electron chi connectivity index (χ2n) is 2.54. The molecule has 0 aliphatic rings. The van der Waals surface area contributed by atoms with Crippen LogP contribution in [-0.4, -0.2) is 12.6 Å². The summed E-state index contributed by atoms with van der Waals surface area (Å²) in [6.45, 7) is 10.3. The van der Waals surface area contributed by atoms with E-state index < -0.39 is 0 Å². The lowest BCUT2D eigenvalue weighted by atomic mass is 10.2. The Kier molecular flexibility index (Phi) is 6.81. The van der Waals surface area contributed by atoms with E-state index in [1.807, 2.05) is 12.2 Å². The van der Waals surface area contributed by atoms with Crippen LogP contribution in [-0.2, 0) is 0 Å². The molecule has 0 heterocycles. The van der Waals surface area contributed by atoms with Crippen molar-refractivity contribution in [1.29, 1.82) is 0 Å². The van der Waals surface area contributed by atoms with Crippen LogP contribution < -0.4 is 5.32 Å². The molecule has 1 atom stereocenters. The lowest BCUT2D eigenvalue weighted by Gasteiger charge is -2.06. The number of nitrogens with one attached hydrogen (secondary N) is 1. The molecule has 0 aromatic carbocycles. The quantitative estimate of drug-likeness (QED) is 0.349. The molecule has 0 aliphatic heterocycles. The van der Waals surface area contributed by atoms with Gasteiger partial charge in [-0.25, -0.2) is 0 Å². The normalized spacial score (nSPS) is 11.7. The van der Waals surface area contributed by atoms with Crippen molar-refractivity contribution in [3.05, 3.63) is 31.0 Å². The SMILES string of the molecule is C=C=CC(C)NCCCC=C. The zero-order valence-corrected chi connectivity index (χ0v) is 7.27. The van der Waals surface area contributed by atoms with Gasteiger partial charge >= 0.3 is 0 Å². The van der Waals surface area contributed by atoms with Crippen LogP contribution in [0.2, 0.25) is 0 Å². The average Bonchev–Trinajstić information content (AvgIpc) is 1.99. The molecule has 0 saturated carbocycles. The first-order valence-electron chi connectivity index (χ1n) is 4.01. The molecule has 0 bridgehead atoms. The molecule has 0 fully saturated rings. The second kappa shape index (κ2) is 7.33. The fourth-order valence-corrected chi connectivity index (χ4v) is 0.812. The summed E-state index contributed by atoms with van der Waals surface area (Å²) in [6, 6.07) is 0.386. The van der Waals surface area contributed by atoms with Crippen LogP contribution in [0.25, 0.3) is 0 Å². The molecule has 0 aliphatic carbocycles. The number of allylic oxidation sites excluding steroid dienone is 1. The van der Waals surface area contributed by atoms with Gasteiger partial charge in [0.05, 0.1) is 0 Å². The lowest BCUT2D eigenvalue weighted by Crippen LogP contribution is -2.24. The van der Waals surface area contributed by atoms with Crippen LogP contribution in [0.15, 0.2) is 31.0 Å². The second-order valence-corrected chi connectivity index (χ2v) is 2.54. The first-order valence-corrected chi connectivity index (χ1v) is 4.01. The Morgan fingerprint density at radius 2 is 2.36 bits per heavy atom. The van der Waals surface area contributed by atoms with Gasteiger partial charge in [0.1, 0.15) is 0 Å². The van der Waals surface area contributed by atoms with Crippen molar-refractivity contribution in [2.75, 3.05) is 6.54 Å². The van der Waals surface area contributed by atoms with E-state index in [9.17, 15) is 0 Å². The molecule has 0 amide bonds. The Labute approximate surface area is 69.5 Å². The van der Waals surface area contributed by atoms with E-state index in [1.165, 1.54) is 0 Å². The number of unbranched alkanes of at least 4 members (excludes halogenated alkanes) is 1. The van der Waals surface area contributed by atoms with Crippen molar-refractivity contribution in [1.82, 2.24) is 5.32 Å². The summed E-state index contributed by atoms with van der Waals surface area (Å²) in [5, 5.41) is 3.31. The molecular formula is C10H17N. The molecule has 1 heteroatoms. The van der Waals surface area contributed by atoms with Crippen molar-refractivity contribution in [3.8, 4) is 0 Å². The van der Waals surface area contributed by atoms with E-state index in [-0.39, 0.29) is 0 Å². The summed E-state index contributed by atoms with van der Waals surface area (Å²) in [7, 11) is 0. The third-order valence-corrected chi connectivity index (χ3v) is 1.42. The molecule has 11 heavy (non-hydrogen) atoms. The largest absolute Gasteiger partial charge is 0.310 e. The third kappa shape index (κ3) is 7.11. The van der Waals surface area contributed by atoms with Crippen LogP contribution in [0.1, 0.15) is 19.8 Å². The molecule has 1 nitrogen and oxygen atoms in total. The van der Waals surface area contributed by atoms with E-state index in [0.29, 0.717) is 6.04 Å².